The van der Waals surface area contributed by atoms with E-state index in [4.69, 9.17) is 4.42 Å². The zero-order valence-corrected chi connectivity index (χ0v) is 8.92. The normalized spacial score (nSPS) is 24.1. The number of aryl methyl sites for hydroxylation is 1. The van der Waals surface area contributed by atoms with E-state index in [1.807, 2.05) is 6.07 Å². The number of carbonyl (C=O) groups excluding carboxylic acids is 1. The van der Waals surface area contributed by atoms with Gasteiger partial charge >= 0.3 is 0 Å². The van der Waals surface area contributed by atoms with Crippen LogP contribution in [0.5, 0.6) is 0 Å². The zero-order valence-electron chi connectivity index (χ0n) is 8.92. The van der Waals surface area contributed by atoms with Gasteiger partial charge in [0.1, 0.15) is 0 Å². The van der Waals surface area contributed by atoms with Crippen molar-refractivity contribution in [2.45, 2.75) is 44.9 Å². The summed E-state index contributed by atoms with van der Waals surface area (Å²) in [6.07, 6.45) is 9.59. The van der Waals surface area contributed by atoms with Crippen LogP contribution in [-0.2, 0) is 6.42 Å². The van der Waals surface area contributed by atoms with Crippen LogP contribution in [0.4, 0.5) is 0 Å². The summed E-state index contributed by atoms with van der Waals surface area (Å²) in [7, 11) is 0. The smallest absolute Gasteiger partial charge is 0.204 e. The summed E-state index contributed by atoms with van der Waals surface area (Å²) in [5.74, 6) is 0.941. The standard InChI is InChI=1S/C13H16O2/c14-12-11-10(5-9-15-11)4-8-13(12)6-2-1-3-7-13/h5,9H,1-4,6-8H2. The molecule has 1 spiro atoms. The van der Waals surface area contributed by atoms with Gasteiger partial charge in [-0.15, -0.1) is 0 Å². The lowest BCUT2D eigenvalue weighted by Gasteiger charge is -2.37. The summed E-state index contributed by atoms with van der Waals surface area (Å²) in [5, 5.41) is 0. The highest BCUT2D eigenvalue weighted by atomic mass is 16.3. The van der Waals surface area contributed by atoms with Crippen LogP contribution in [0, 0.1) is 5.41 Å². The van der Waals surface area contributed by atoms with Crippen molar-refractivity contribution in [3.05, 3.63) is 23.7 Å². The van der Waals surface area contributed by atoms with E-state index < -0.39 is 0 Å². The lowest BCUT2D eigenvalue weighted by atomic mass is 9.65. The number of ketones is 1. The number of hydrogen-bond donors (Lipinski definition) is 0. The summed E-state index contributed by atoms with van der Waals surface area (Å²) in [5.41, 5.74) is 1.07. The third-order valence-electron chi connectivity index (χ3n) is 4.12. The fourth-order valence-corrected chi connectivity index (χ4v) is 3.17. The Kier molecular flexibility index (Phi) is 1.98. The largest absolute Gasteiger partial charge is 0.461 e. The van der Waals surface area contributed by atoms with E-state index in [9.17, 15) is 4.79 Å². The maximum absolute atomic E-state index is 12.4. The molecule has 0 unspecified atom stereocenters. The molecule has 1 aromatic heterocycles. The molecule has 0 N–H and O–H groups in total. The van der Waals surface area contributed by atoms with Gasteiger partial charge < -0.3 is 4.42 Å². The molecule has 15 heavy (non-hydrogen) atoms. The Morgan fingerprint density at radius 3 is 2.73 bits per heavy atom. The second-order valence-corrected chi connectivity index (χ2v) is 4.95. The van der Waals surface area contributed by atoms with Crippen LogP contribution in [0.15, 0.2) is 16.7 Å². The van der Waals surface area contributed by atoms with Crippen molar-refractivity contribution in [3.63, 3.8) is 0 Å². The second-order valence-electron chi connectivity index (χ2n) is 4.95. The molecule has 2 aliphatic rings. The minimum atomic E-state index is -0.0525. The van der Waals surface area contributed by atoms with Gasteiger partial charge in [0.25, 0.3) is 0 Å². The minimum absolute atomic E-state index is 0.0525. The van der Waals surface area contributed by atoms with Gasteiger partial charge in [-0.25, -0.2) is 0 Å². The van der Waals surface area contributed by atoms with Gasteiger partial charge in [-0.1, -0.05) is 19.3 Å². The molecule has 2 aliphatic carbocycles. The third-order valence-corrected chi connectivity index (χ3v) is 4.12. The van der Waals surface area contributed by atoms with Crippen LogP contribution >= 0.6 is 0 Å². The summed E-state index contributed by atoms with van der Waals surface area (Å²) < 4.78 is 5.35. The van der Waals surface area contributed by atoms with Crippen LogP contribution in [0.25, 0.3) is 0 Å². The molecule has 0 atom stereocenters. The third kappa shape index (κ3) is 1.27. The van der Waals surface area contributed by atoms with E-state index in [0.717, 1.165) is 31.2 Å². The number of hydrogen-bond acceptors (Lipinski definition) is 2. The lowest BCUT2D eigenvalue weighted by molar-refractivity contribution is 0.0633. The Morgan fingerprint density at radius 1 is 1.13 bits per heavy atom. The molecule has 0 aromatic carbocycles. The van der Waals surface area contributed by atoms with Gasteiger partial charge in [-0.2, -0.15) is 0 Å². The van der Waals surface area contributed by atoms with Gasteiger partial charge in [0.2, 0.25) is 5.78 Å². The van der Waals surface area contributed by atoms with E-state index in [1.165, 1.54) is 19.3 Å². The molecule has 0 bridgehead atoms. The van der Waals surface area contributed by atoms with Crippen LogP contribution in [0.3, 0.4) is 0 Å². The van der Waals surface area contributed by atoms with Crippen molar-refractivity contribution >= 4 is 5.78 Å². The first-order valence-electron chi connectivity index (χ1n) is 5.93. The molecular weight excluding hydrogens is 188 g/mol. The predicted molar refractivity (Wildman–Crippen MR) is 56.9 cm³/mol. The van der Waals surface area contributed by atoms with Gasteiger partial charge in [-0.05, 0) is 31.7 Å². The Labute approximate surface area is 89.7 Å². The average Bonchev–Trinajstić information content (AvgIpc) is 2.74. The highest BCUT2D eigenvalue weighted by Crippen LogP contribution is 2.46. The van der Waals surface area contributed by atoms with Crippen molar-refractivity contribution < 1.29 is 9.21 Å². The molecule has 1 heterocycles. The number of Topliss-reactive ketones (excluding diaryl/α,β-unsaturated/α-hetero) is 1. The van der Waals surface area contributed by atoms with Crippen molar-refractivity contribution in [1.29, 1.82) is 0 Å². The summed E-state index contributed by atoms with van der Waals surface area (Å²) in [6.45, 7) is 0. The van der Waals surface area contributed by atoms with Crippen molar-refractivity contribution in [3.8, 4) is 0 Å². The maximum Gasteiger partial charge on any atom is 0.204 e. The molecule has 3 rings (SSSR count). The Bertz CT molecular complexity index is 383. The molecule has 0 amide bonds. The molecule has 2 heteroatoms. The van der Waals surface area contributed by atoms with Crippen LogP contribution in [0.1, 0.15) is 54.6 Å². The molecule has 1 aromatic rings. The summed E-state index contributed by atoms with van der Waals surface area (Å²) >= 11 is 0. The van der Waals surface area contributed by atoms with E-state index >= 15 is 0 Å². The van der Waals surface area contributed by atoms with Crippen molar-refractivity contribution in [1.82, 2.24) is 0 Å². The highest BCUT2D eigenvalue weighted by molar-refractivity contribution is 6.00. The SMILES string of the molecule is O=C1c2occc2CCC12CCCCC2. The molecule has 1 saturated carbocycles. The molecule has 0 saturated heterocycles. The first-order valence-corrected chi connectivity index (χ1v) is 5.93. The molecule has 1 fully saturated rings. The Hall–Kier alpha value is -1.05. The van der Waals surface area contributed by atoms with Crippen molar-refractivity contribution in [2.24, 2.45) is 5.41 Å². The Balaban J connectivity index is 1.98. The number of furan rings is 1. The molecule has 80 valence electrons. The first kappa shape index (κ1) is 9.20. The van der Waals surface area contributed by atoms with E-state index in [-0.39, 0.29) is 11.2 Å². The lowest BCUT2D eigenvalue weighted by Crippen LogP contribution is -2.37. The molecule has 0 radical (unpaired) electrons. The number of carbonyl (C=O) groups is 1. The van der Waals surface area contributed by atoms with Gasteiger partial charge in [-0.3, -0.25) is 4.79 Å². The predicted octanol–water partition coefficient (Wildman–Crippen LogP) is 3.36. The fourth-order valence-electron chi connectivity index (χ4n) is 3.17. The molecule has 0 aliphatic heterocycles. The van der Waals surface area contributed by atoms with Crippen molar-refractivity contribution in [2.75, 3.05) is 0 Å². The first-order chi connectivity index (χ1) is 7.32. The quantitative estimate of drug-likeness (QED) is 0.648. The summed E-state index contributed by atoms with van der Waals surface area (Å²) in [4.78, 5) is 12.4. The number of fused-ring (bicyclic) bond motifs is 1. The maximum atomic E-state index is 12.4. The van der Waals surface area contributed by atoms with E-state index in [2.05, 4.69) is 0 Å². The monoisotopic (exact) mass is 204 g/mol. The molecule has 2 nitrogen and oxygen atoms in total. The van der Waals surface area contributed by atoms with E-state index in [0.29, 0.717) is 5.76 Å². The zero-order chi connectivity index (χ0) is 10.3. The number of rotatable bonds is 0. The van der Waals surface area contributed by atoms with Gasteiger partial charge in [0.05, 0.1) is 6.26 Å². The van der Waals surface area contributed by atoms with Crippen LogP contribution in [0.2, 0.25) is 0 Å². The van der Waals surface area contributed by atoms with E-state index in [1.54, 1.807) is 6.26 Å². The Morgan fingerprint density at radius 2 is 1.93 bits per heavy atom. The van der Waals surface area contributed by atoms with Crippen LogP contribution < -0.4 is 0 Å². The fraction of sp³-hybridized carbons (Fsp3) is 0.615. The topological polar surface area (TPSA) is 30.2 Å². The van der Waals surface area contributed by atoms with Gasteiger partial charge in [0.15, 0.2) is 5.76 Å². The summed E-state index contributed by atoms with van der Waals surface area (Å²) in [6, 6.07) is 1.95. The second kappa shape index (κ2) is 3.22. The average molecular weight is 204 g/mol. The van der Waals surface area contributed by atoms with Crippen LogP contribution in [-0.4, -0.2) is 5.78 Å². The minimum Gasteiger partial charge on any atom is -0.461 e. The highest BCUT2D eigenvalue weighted by Gasteiger charge is 2.44. The van der Waals surface area contributed by atoms with Gasteiger partial charge in [0, 0.05) is 11.0 Å². The molecular formula is C13H16O2.